The van der Waals surface area contributed by atoms with Gasteiger partial charge in [0.15, 0.2) is 17.5 Å². The Balaban J connectivity index is 2.20. The molecule has 0 saturated heterocycles. The fraction of sp³-hybridized carbons (Fsp3) is 0.520. The number of hydrogen-bond donors (Lipinski definition) is 2. The van der Waals surface area contributed by atoms with Gasteiger partial charge >= 0.3 is 5.97 Å². The molecule has 190 valence electrons. The molecule has 0 aliphatic carbocycles. The Kier molecular flexibility index (Phi) is 10.2. The first-order chi connectivity index (χ1) is 16.6. The standard InChI is InChI=1S/C25H34FN5O4/c1-7-20(16(2)12-22(32)35-25(3,4)5)30-24-19(26)13-17(15-27)23(31-24)29-18-8-9-28-21(14-18)34-11-10-33-6/h8-9,13-14,16,20H,7,10-12H2,1-6H3,(H2,28,29,30,31)/t16-,20-/m1/s1. The van der Waals surface area contributed by atoms with Crippen LogP contribution in [0.4, 0.5) is 21.7 Å². The predicted octanol–water partition coefficient (Wildman–Crippen LogP) is 4.81. The highest BCUT2D eigenvalue weighted by atomic mass is 19.1. The summed E-state index contributed by atoms with van der Waals surface area (Å²) in [5, 5.41) is 15.6. The summed E-state index contributed by atoms with van der Waals surface area (Å²) in [5.74, 6) is -0.585. The second-order valence-electron chi connectivity index (χ2n) is 9.10. The molecule has 2 N–H and O–H groups in total. The van der Waals surface area contributed by atoms with Gasteiger partial charge in [-0.05, 0) is 45.2 Å². The maximum absolute atomic E-state index is 14.8. The molecule has 2 atom stereocenters. The molecule has 2 aromatic heterocycles. The zero-order valence-electron chi connectivity index (χ0n) is 21.1. The number of nitriles is 1. The Morgan fingerprint density at radius 3 is 2.63 bits per heavy atom. The number of aromatic nitrogens is 2. The van der Waals surface area contributed by atoms with E-state index in [0.717, 1.165) is 6.07 Å². The van der Waals surface area contributed by atoms with Gasteiger partial charge in [0.25, 0.3) is 0 Å². The minimum atomic E-state index is -0.659. The summed E-state index contributed by atoms with van der Waals surface area (Å²) >= 11 is 0. The molecule has 0 bridgehead atoms. The summed E-state index contributed by atoms with van der Waals surface area (Å²) in [4.78, 5) is 20.7. The summed E-state index contributed by atoms with van der Waals surface area (Å²) in [5.41, 5.74) is 0.0375. The van der Waals surface area contributed by atoms with E-state index < -0.39 is 11.4 Å². The Hall–Kier alpha value is -3.45. The number of carbonyl (C=O) groups excluding carboxylic acids is 1. The lowest BCUT2D eigenvalue weighted by molar-refractivity contribution is -0.155. The minimum absolute atomic E-state index is 0.0139. The number of rotatable bonds is 12. The molecular weight excluding hydrogens is 453 g/mol. The number of pyridine rings is 2. The third-order valence-corrected chi connectivity index (χ3v) is 4.99. The molecule has 0 saturated carbocycles. The topological polar surface area (TPSA) is 118 Å². The number of methoxy groups -OCH3 is 1. The van der Waals surface area contributed by atoms with E-state index in [0.29, 0.717) is 31.2 Å². The number of anilines is 3. The van der Waals surface area contributed by atoms with Crippen LogP contribution in [0, 0.1) is 23.1 Å². The summed E-state index contributed by atoms with van der Waals surface area (Å²) < 4.78 is 30.7. The Morgan fingerprint density at radius 2 is 2.00 bits per heavy atom. The largest absolute Gasteiger partial charge is 0.475 e. The first-order valence-electron chi connectivity index (χ1n) is 11.5. The van der Waals surface area contributed by atoms with Crippen LogP contribution < -0.4 is 15.4 Å². The zero-order valence-corrected chi connectivity index (χ0v) is 21.1. The van der Waals surface area contributed by atoms with Gasteiger partial charge in [-0.15, -0.1) is 0 Å². The van der Waals surface area contributed by atoms with Gasteiger partial charge in [0.1, 0.15) is 18.3 Å². The average Bonchev–Trinajstić information content (AvgIpc) is 2.78. The van der Waals surface area contributed by atoms with Crippen molar-refractivity contribution in [3.63, 3.8) is 0 Å². The highest BCUT2D eigenvalue weighted by molar-refractivity contribution is 5.70. The van der Waals surface area contributed by atoms with Gasteiger partial charge in [-0.3, -0.25) is 4.79 Å². The number of ether oxygens (including phenoxy) is 3. The van der Waals surface area contributed by atoms with E-state index in [-0.39, 0.29) is 41.5 Å². The number of nitrogens with one attached hydrogen (secondary N) is 2. The van der Waals surface area contributed by atoms with Crippen molar-refractivity contribution >= 4 is 23.3 Å². The molecule has 35 heavy (non-hydrogen) atoms. The van der Waals surface area contributed by atoms with Gasteiger partial charge < -0.3 is 24.8 Å². The highest BCUT2D eigenvalue weighted by Crippen LogP contribution is 2.27. The van der Waals surface area contributed by atoms with Gasteiger partial charge in [0, 0.05) is 31.1 Å². The Labute approximate surface area is 206 Å². The van der Waals surface area contributed by atoms with Gasteiger partial charge in [-0.2, -0.15) is 5.26 Å². The normalized spacial score (nSPS) is 12.9. The van der Waals surface area contributed by atoms with E-state index in [4.69, 9.17) is 14.2 Å². The van der Waals surface area contributed by atoms with Crippen molar-refractivity contribution in [3.8, 4) is 11.9 Å². The molecule has 0 amide bonds. The van der Waals surface area contributed by atoms with Crippen molar-refractivity contribution in [2.75, 3.05) is 31.0 Å². The number of esters is 1. The fourth-order valence-corrected chi connectivity index (χ4v) is 3.31. The first kappa shape index (κ1) is 27.8. The van der Waals surface area contributed by atoms with Crippen molar-refractivity contribution in [2.24, 2.45) is 5.92 Å². The third-order valence-electron chi connectivity index (χ3n) is 4.99. The molecule has 9 nitrogen and oxygen atoms in total. The van der Waals surface area contributed by atoms with E-state index in [9.17, 15) is 14.4 Å². The quantitative estimate of drug-likeness (QED) is 0.321. The summed E-state index contributed by atoms with van der Waals surface area (Å²) in [7, 11) is 1.57. The lowest BCUT2D eigenvalue weighted by Crippen LogP contribution is -2.32. The molecule has 2 aromatic rings. The summed E-state index contributed by atoms with van der Waals surface area (Å²) in [6, 6.07) is 6.17. The lowest BCUT2D eigenvalue weighted by Gasteiger charge is -2.26. The molecule has 0 fully saturated rings. The van der Waals surface area contributed by atoms with Gasteiger partial charge in [0.05, 0.1) is 18.6 Å². The number of halogens is 1. The smallest absolute Gasteiger partial charge is 0.306 e. The Bertz CT molecular complexity index is 1040. The van der Waals surface area contributed by atoms with Gasteiger partial charge in [-0.25, -0.2) is 14.4 Å². The van der Waals surface area contributed by atoms with Crippen LogP contribution in [0.3, 0.4) is 0 Å². The molecule has 10 heteroatoms. The second-order valence-corrected chi connectivity index (χ2v) is 9.10. The number of carbonyl (C=O) groups is 1. The van der Waals surface area contributed by atoms with Crippen LogP contribution in [0.15, 0.2) is 24.4 Å². The monoisotopic (exact) mass is 487 g/mol. The van der Waals surface area contributed by atoms with E-state index in [1.54, 1.807) is 25.4 Å². The van der Waals surface area contributed by atoms with Crippen LogP contribution in [0.5, 0.6) is 5.88 Å². The van der Waals surface area contributed by atoms with Crippen LogP contribution in [0.2, 0.25) is 0 Å². The summed E-state index contributed by atoms with van der Waals surface area (Å²) in [6.07, 6.45) is 2.35. The van der Waals surface area contributed by atoms with Crippen LogP contribution in [-0.4, -0.2) is 47.9 Å². The molecule has 0 radical (unpaired) electrons. The molecule has 2 heterocycles. The maximum atomic E-state index is 14.8. The molecule has 2 rings (SSSR count). The lowest BCUT2D eigenvalue weighted by atomic mass is 9.96. The van der Waals surface area contributed by atoms with Crippen LogP contribution >= 0.6 is 0 Å². The van der Waals surface area contributed by atoms with Crippen molar-refractivity contribution in [1.29, 1.82) is 5.26 Å². The average molecular weight is 488 g/mol. The number of hydrogen-bond acceptors (Lipinski definition) is 9. The molecule has 0 aliphatic rings. The summed E-state index contributed by atoms with van der Waals surface area (Å²) in [6.45, 7) is 10.0. The molecule has 0 aromatic carbocycles. The molecule has 0 aliphatic heterocycles. The van der Waals surface area contributed by atoms with Crippen LogP contribution in [0.1, 0.15) is 53.0 Å². The first-order valence-corrected chi connectivity index (χ1v) is 11.5. The van der Waals surface area contributed by atoms with Crippen molar-refractivity contribution in [1.82, 2.24) is 9.97 Å². The van der Waals surface area contributed by atoms with E-state index in [2.05, 4.69) is 20.6 Å². The van der Waals surface area contributed by atoms with E-state index >= 15 is 0 Å². The van der Waals surface area contributed by atoms with Gasteiger partial charge in [-0.1, -0.05) is 13.8 Å². The van der Waals surface area contributed by atoms with Gasteiger partial charge in [0.2, 0.25) is 5.88 Å². The SMILES string of the molecule is CC[C@@H](Nc1nc(Nc2ccnc(OCCOC)c2)c(C#N)cc1F)[C@H](C)CC(=O)OC(C)(C)C. The molecule has 0 spiro atoms. The van der Waals surface area contributed by atoms with Crippen LogP contribution in [-0.2, 0) is 14.3 Å². The molecular formula is C25H34FN5O4. The van der Waals surface area contributed by atoms with E-state index in [1.165, 1.54) is 0 Å². The predicted molar refractivity (Wildman–Crippen MR) is 131 cm³/mol. The second kappa shape index (κ2) is 12.9. The zero-order chi connectivity index (χ0) is 26.0. The van der Waals surface area contributed by atoms with Crippen molar-refractivity contribution < 1.29 is 23.4 Å². The minimum Gasteiger partial charge on any atom is -0.475 e. The number of nitrogens with zero attached hydrogens (tertiary/aromatic N) is 3. The Morgan fingerprint density at radius 1 is 1.26 bits per heavy atom. The van der Waals surface area contributed by atoms with Crippen molar-refractivity contribution in [2.45, 2.75) is 59.1 Å². The van der Waals surface area contributed by atoms with Crippen LogP contribution in [0.25, 0.3) is 0 Å². The van der Waals surface area contributed by atoms with Crippen molar-refractivity contribution in [3.05, 3.63) is 35.8 Å². The fourth-order valence-electron chi connectivity index (χ4n) is 3.31. The highest BCUT2D eigenvalue weighted by Gasteiger charge is 2.24. The molecule has 0 unspecified atom stereocenters. The van der Waals surface area contributed by atoms with E-state index in [1.807, 2.05) is 40.7 Å². The third kappa shape index (κ3) is 9.02. The maximum Gasteiger partial charge on any atom is 0.306 e.